The molecule has 1 atom stereocenters. The third-order valence-electron chi connectivity index (χ3n) is 4.65. The van der Waals surface area contributed by atoms with Crippen LogP contribution in [0.2, 0.25) is 0 Å². The zero-order valence-corrected chi connectivity index (χ0v) is 17.2. The van der Waals surface area contributed by atoms with Crippen molar-refractivity contribution in [1.82, 2.24) is 25.3 Å². The van der Waals surface area contributed by atoms with Crippen molar-refractivity contribution >= 4 is 28.2 Å². The minimum absolute atomic E-state index is 0.0260. The van der Waals surface area contributed by atoms with Crippen molar-refractivity contribution < 1.29 is 18.0 Å². The number of hydrogen-bond acceptors (Lipinski definition) is 7. The Hall–Kier alpha value is -3.28. The minimum atomic E-state index is -4.61. The van der Waals surface area contributed by atoms with Gasteiger partial charge in [-0.05, 0) is 25.5 Å². The van der Waals surface area contributed by atoms with E-state index in [1.807, 2.05) is 6.92 Å². The molecule has 3 aromatic heterocycles. The Morgan fingerprint density at radius 2 is 2.03 bits per heavy atom. The summed E-state index contributed by atoms with van der Waals surface area (Å²) in [5.41, 5.74) is -0.575. The maximum absolute atomic E-state index is 13.4. The highest BCUT2D eigenvalue weighted by atomic mass is 32.1. The molecule has 31 heavy (non-hydrogen) atoms. The fourth-order valence-electron chi connectivity index (χ4n) is 3.21. The average Bonchev–Trinajstić information content (AvgIpc) is 3.36. The first kappa shape index (κ1) is 21.0. The van der Waals surface area contributed by atoms with Crippen LogP contribution < -0.4 is 15.5 Å². The number of amides is 2. The van der Waals surface area contributed by atoms with E-state index >= 15 is 0 Å². The van der Waals surface area contributed by atoms with E-state index in [9.17, 15) is 18.0 Å². The number of carbonyl (C=O) groups excluding carboxylic acids is 1. The number of carbonyl (C=O) groups is 1. The Morgan fingerprint density at radius 3 is 2.71 bits per heavy atom. The Balaban J connectivity index is 1.49. The van der Waals surface area contributed by atoms with Crippen molar-refractivity contribution in [2.75, 3.05) is 23.3 Å². The highest BCUT2D eigenvalue weighted by Gasteiger charge is 2.35. The molecule has 1 fully saturated rings. The Kier molecular flexibility index (Phi) is 5.72. The molecule has 1 saturated heterocycles. The number of rotatable bonds is 4. The Bertz CT molecular complexity index is 1070. The van der Waals surface area contributed by atoms with Gasteiger partial charge in [-0.3, -0.25) is 10.3 Å². The monoisotopic (exact) mass is 449 g/mol. The zero-order valence-electron chi connectivity index (χ0n) is 16.3. The first-order valence-electron chi connectivity index (χ1n) is 9.39. The van der Waals surface area contributed by atoms with Crippen LogP contribution in [-0.2, 0) is 6.18 Å². The fourth-order valence-corrected chi connectivity index (χ4v) is 3.88. The molecule has 4 heterocycles. The molecular weight excluding hydrogens is 431 g/mol. The number of halogens is 3. The summed E-state index contributed by atoms with van der Waals surface area (Å²) in [7, 11) is 0. The van der Waals surface area contributed by atoms with Crippen LogP contribution in [-0.4, -0.2) is 45.1 Å². The van der Waals surface area contributed by atoms with Gasteiger partial charge in [0.25, 0.3) is 0 Å². The third-order valence-corrected chi connectivity index (χ3v) is 5.48. The SMILES string of the molecule is Cc1ncc(NC(=O)NC2CCN(c3cc(C(F)(F)F)nc(-c4ccncc4)n3)C2)s1. The van der Waals surface area contributed by atoms with E-state index in [4.69, 9.17) is 0 Å². The molecule has 0 aliphatic carbocycles. The predicted octanol–water partition coefficient (Wildman–Crippen LogP) is 3.72. The first-order chi connectivity index (χ1) is 14.8. The number of urea groups is 1. The van der Waals surface area contributed by atoms with Gasteiger partial charge >= 0.3 is 12.2 Å². The summed E-state index contributed by atoms with van der Waals surface area (Å²) < 4.78 is 40.3. The summed E-state index contributed by atoms with van der Waals surface area (Å²) in [5.74, 6) is 0.138. The predicted molar refractivity (Wildman–Crippen MR) is 110 cm³/mol. The van der Waals surface area contributed by atoms with Crippen LogP contribution in [0.25, 0.3) is 11.4 Å². The van der Waals surface area contributed by atoms with Crippen molar-refractivity contribution in [3.63, 3.8) is 0 Å². The van der Waals surface area contributed by atoms with Crippen molar-refractivity contribution in [2.24, 2.45) is 0 Å². The number of nitrogens with zero attached hydrogens (tertiary/aromatic N) is 5. The topological polar surface area (TPSA) is 95.9 Å². The lowest BCUT2D eigenvalue weighted by Gasteiger charge is -2.20. The maximum atomic E-state index is 13.4. The number of pyridine rings is 1. The maximum Gasteiger partial charge on any atom is 0.433 e. The number of aromatic nitrogens is 4. The molecule has 4 rings (SSSR count). The highest BCUT2D eigenvalue weighted by Crippen LogP contribution is 2.32. The summed E-state index contributed by atoms with van der Waals surface area (Å²) in [5, 5.41) is 7.00. The molecular formula is C19H18F3N7OS. The van der Waals surface area contributed by atoms with E-state index in [1.54, 1.807) is 23.2 Å². The van der Waals surface area contributed by atoms with Crippen LogP contribution >= 0.6 is 11.3 Å². The molecule has 12 heteroatoms. The lowest BCUT2D eigenvalue weighted by molar-refractivity contribution is -0.141. The van der Waals surface area contributed by atoms with Crippen LogP contribution in [0.15, 0.2) is 36.8 Å². The molecule has 0 aromatic carbocycles. The van der Waals surface area contributed by atoms with Crippen molar-refractivity contribution in [3.8, 4) is 11.4 Å². The normalized spacial score (nSPS) is 16.4. The number of hydrogen-bond donors (Lipinski definition) is 2. The standard InChI is InChI=1S/C19H18F3N7OS/c1-11-24-9-16(31-11)28-18(30)25-13-4-7-29(10-13)15-8-14(19(20,21)22)26-17(27-15)12-2-5-23-6-3-12/h2-3,5-6,8-9,13H,4,7,10H2,1H3,(H2,25,28,30). The lowest BCUT2D eigenvalue weighted by atomic mass is 10.2. The second-order valence-corrected chi connectivity index (χ2v) is 8.18. The van der Waals surface area contributed by atoms with Crippen molar-refractivity contribution in [1.29, 1.82) is 0 Å². The smallest absolute Gasteiger partial charge is 0.354 e. The molecule has 2 amide bonds. The summed E-state index contributed by atoms with van der Waals surface area (Å²) in [6, 6.07) is 3.43. The van der Waals surface area contributed by atoms with Crippen LogP contribution in [0.4, 0.5) is 28.8 Å². The molecule has 1 aliphatic heterocycles. The minimum Gasteiger partial charge on any atom is -0.354 e. The molecule has 0 spiro atoms. The van der Waals surface area contributed by atoms with E-state index < -0.39 is 11.9 Å². The van der Waals surface area contributed by atoms with E-state index in [2.05, 4.69) is 30.6 Å². The van der Waals surface area contributed by atoms with Crippen molar-refractivity contribution in [2.45, 2.75) is 25.6 Å². The summed E-state index contributed by atoms with van der Waals surface area (Å²) >= 11 is 1.35. The second kappa shape index (κ2) is 8.46. The number of anilines is 2. The van der Waals surface area contributed by atoms with Gasteiger partial charge in [-0.15, -0.1) is 11.3 Å². The van der Waals surface area contributed by atoms with Crippen LogP contribution in [0.3, 0.4) is 0 Å². The van der Waals surface area contributed by atoms with Gasteiger partial charge in [0.2, 0.25) is 0 Å². The molecule has 0 saturated carbocycles. The van der Waals surface area contributed by atoms with Gasteiger partial charge in [0, 0.05) is 43.2 Å². The molecule has 1 aliphatic rings. The number of thiazole rings is 1. The Labute approximate surface area is 179 Å². The van der Waals surface area contributed by atoms with Crippen LogP contribution in [0, 0.1) is 6.92 Å². The number of nitrogens with one attached hydrogen (secondary N) is 2. The van der Waals surface area contributed by atoms with E-state index in [0.717, 1.165) is 11.1 Å². The third kappa shape index (κ3) is 5.08. The molecule has 8 nitrogen and oxygen atoms in total. The average molecular weight is 449 g/mol. The Morgan fingerprint density at radius 1 is 1.26 bits per heavy atom. The van der Waals surface area contributed by atoms with E-state index in [0.29, 0.717) is 30.1 Å². The fraction of sp³-hybridized carbons (Fsp3) is 0.316. The van der Waals surface area contributed by atoms with Gasteiger partial charge in [0.15, 0.2) is 11.5 Å². The summed E-state index contributed by atoms with van der Waals surface area (Å²) in [6.45, 7) is 2.62. The van der Waals surface area contributed by atoms with Crippen LogP contribution in [0.5, 0.6) is 0 Å². The van der Waals surface area contributed by atoms with Gasteiger partial charge < -0.3 is 10.2 Å². The molecule has 2 N–H and O–H groups in total. The van der Waals surface area contributed by atoms with Crippen molar-refractivity contribution in [3.05, 3.63) is 47.5 Å². The van der Waals surface area contributed by atoms with E-state index in [1.165, 1.54) is 23.7 Å². The van der Waals surface area contributed by atoms with Gasteiger partial charge in [-0.25, -0.2) is 19.7 Å². The van der Waals surface area contributed by atoms with Gasteiger partial charge in [0.05, 0.1) is 11.2 Å². The molecule has 162 valence electrons. The molecule has 1 unspecified atom stereocenters. The first-order valence-corrected chi connectivity index (χ1v) is 10.2. The van der Waals surface area contributed by atoms with Crippen LogP contribution in [0.1, 0.15) is 17.1 Å². The van der Waals surface area contributed by atoms with E-state index in [-0.39, 0.29) is 23.7 Å². The lowest BCUT2D eigenvalue weighted by Crippen LogP contribution is -2.39. The zero-order chi connectivity index (χ0) is 22.0. The molecule has 0 bridgehead atoms. The van der Waals surface area contributed by atoms with Gasteiger partial charge in [-0.2, -0.15) is 13.2 Å². The summed E-state index contributed by atoms with van der Waals surface area (Å²) in [4.78, 5) is 29.9. The second-order valence-electron chi connectivity index (χ2n) is 6.94. The molecule has 3 aromatic rings. The highest BCUT2D eigenvalue weighted by molar-refractivity contribution is 7.15. The largest absolute Gasteiger partial charge is 0.433 e. The molecule has 0 radical (unpaired) electrons. The number of aryl methyl sites for hydroxylation is 1. The van der Waals surface area contributed by atoms with Gasteiger partial charge in [-0.1, -0.05) is 0 Å². The summed E-state index contributed by atoms with van der Waals surface area (Å²) in [6.07, 6.45) is 0.477. The van der Waals surface area contributed by atoms with Gasteiger partial charge in [0.1, 0.15) is 10.8 Å². The number of alkyl halides is 3. The quantitative estimate of drug-likeness (QED) is 0.630.